The van der Waals surface area contributed by atoms with Crippen molar-refractivity contribution in [2.45, 2.75) is 51.4 Å². The predicted octanol–water partition coefficient (Wildman–Crippen LogP) is 7.13. The van der Waals surface area contributed by atoms with Gasteiger partial charge in [-0.1, -0.05) is 81.5 Å². The normalized spacial score (nSPS) is 14.6. The molecule has 1 aliphatic rings. The molecule has 0 saturated carbocycles. The molecule has 4 rings (SSSR count). The summed E-state index contributed by atoms with van der Waals surface area (Å²) in [6.07, 6.45) is 9.62. The molecular weight excluding hydrogens is 386 g/mol. The summed E-state index contributed by atoms with van der Waals surface area (Å²) in [5.41, 5.74) is 4.70. The number of benzene rings is 2. The number of hydrogen-bond donors (Lipinski definition) is 1. The molecule has 4 heteroatoms. The van der Waals surface area contributed by atoms with E-state index in [1.807, 2.05) is 42.2 Å². The van der Waals surface area contributed by atoms with Crippen LogP contribution >= 0.6 is 11.8 Å². The SMILES string of the molecule is CCCCCCCC(C1=NCCS1)c1cc[c]cc1-c1cnc(-c2ccccc2)[nH]1. The lowest BCUT2D eigenvalue weighted by atomic mass is 9.89. The second-order valence-electron chi connectivity index (χ2n) is 7.85. The van der Waals surface area contributed by atoms with E-state index in [0.29, 0.717) is 5.92 Å². The van der Waals surface area contributed by atoms with Gasteiger partial charge in [0.2, 0.25) is 0 Å². The number of thioether (sulfide) groups is 1. The summed E-state index contributed by atoms with van der Waals surface area (Å²) in [5, 5.41) is 1.31. The number of rotatable bonds is 10. The van der Waals surface area contributed by atoms with Crippen LogP contribution in [0.2, 0.25) is 0 Å². The lowest BCUT2D eigenvalue weighted by Crippen LogP contribution is -2.10. The van der Waals surface area contributed by atoms with Crippen LogP contribution in [0.1, 0.15) is 56.9 Å². The van der Waals surface area contributed by atoms with E-state index in [0.717, 1.165) is 35.8 Å². The number of nitrogens with zero attached hydrogens (tertiary/aromatic N) is 2. The first-order chi connectivity index (χ1) is 14.9. The maximum Gasteiger partial charge on any atom is 0.137 e. The van der Waals surface area contributed by atoms with E-state index in [4.69, 9.17) is 4.99 Å². The van der Waals surface area contributed by atoms with Gasteiger partial charge in [-0.05, 0) is 24.1 Å². The van der Waals surface area contributed by atoms with Crippen molar-refractivity contribution in [2.75, 3.05) is 12.3 Å². The molecule has 0 amide bonds. The average molecular weight is 417 g/mol. The summed E-state index contributed by atoms with van der Waals surface area (Å²) in [6, 6.07) is 19.9. The highest BCUT2D eigenvalue weighted by Gasteiger charge is 2.24. The van der Waals surface area contributed by atoms with Crippen molar-refractivity contribution in [2.24, 2.45) is 4.99 Å². The van der Waals surface area contributed by atoms with E-state index in [-0.39, 0.29) is 0 Å². The van der Waals surface area contributed by atoms with Gasteiger partial charge in [-0.25, -0.2) is 4.98 Å². The van der Waals surface area contributed by atoms with E-state index < -0.39 is 0 Å². The first-order valence-corrected chi connectivity index (χ1v) is 12.1. The molecule has 3 aromatic rings. The number of imidazole rings is 1. The van der Waals surface area contributed by atoms with Crippen LogP contribution < -0.4 is 0 Å². The molecule has 2 aromatic carbocycles. The van der Waals surface area contributed by atoms with E-state index in [9.17, 15) is 0 Å². The molecule has 3 nitrogen and oxygen atoms in total. The molecule has 0 bridgehead atoms. The van der Waals surface area contributed by atoms with Crippen molar-refractivity contribution in [3.05, 3.63) is 66.4 Å². The molecule has 1 aliphatic heterocycles. The van der Waals surface area contributed by atoms with Crippen molar-refractivity contribution in [1.29, 1.82) is 0 Å². The Morgan fingerprint density at radius 3 is 2.77 bits per heavy atom. The van der Waals surface area contributed by atoms with Crippen molar-refractivity contribution in [3.63, 3.8) is 0 Å². The highest BCUT2D eigenvalue weighted by Crippen LogP contribution is 2.37. The first kappa shape index (κ1) is 20.9. The molecule has 30 heavy (non-hydrogen) atoms. The molecule has 0 spiro atoms. The fourth-order valence-electron chi connectivity index (χ4n) is 4.11. The van der Waals surface area contributed by atoms with Gasteiger partial charge < -0.3 is 4.98 Å². The third kappa shape index (κ3) is 5.04. The van der Waals surface area contributed by atoms with E-state index in [1.54, 1.807) is 0 Å². The third-order valence-electron chi connectivity index (χ3n) is 5.69. The number of H-pyrrole nitrogens is 1. The number of aromatic nitrogens is 2. The summed E-state index contributed by atoms with van der Waals surface area (Å²) in [7, 11) is 0. The molecule has 0 fully saturated rings. The molecule has 1 unspecified atom stereocenters. The number of unbranched alkanes of at least 4 members (excludes halogenated alkanes) is 4. The van der Waals surface area contributed by atoms with Crippen LogP contribution in [-0.2, 0) is 0 Å². The molecule has 0 saturated heterocycles. The Hall–Kier alpha value is -2.33. The second-order valence-corrected chi connectivity index (χ2v) is 8.96. The Morgan fingerprint density at radius 2 is 1.97 bits per heavy atom. The van der Waals surface area contributed by atoms with E-state index >= 15 is 0 Å². The predicted molar refractivity (Wildman–Crippen MR) is 129 cm³/mol. The second kappa shape index (κ2) is 10.6. The van der Waals surface area contributed by atoms with Crippen LogP contribution in [-0.4, -0.2) is 27.3 Å². The van der Waals surface area contributed by atoms with Crippen LogP contribution in [0.3, 0.4) is 0 Å². The number of hydrogen-bond acceptors (Lipinski definition) is 3. The summed E-state index contributed by atoms with van der Waals surface area (Å²) < 4.78 is 0. The minimum atomic E-state index is 0.368. The minimum absolute atomic E-state index is 0.368. The Kier molecular flexibility index (Phi) is 7.41. The topological polar surface area (TPSA) is 41.0 Å². The molecule has 1 radical (unpaired) electrons. The standard InChI is InChI=1S/C26H30N3S/c1-2-3-4-5-9-16-23(26-27-17-18-30-26)21-14-10-11-15-22(21)24-19-28-25(29-24)20-12-7-6-8-13-20/h6-8,10,12-15,19,23H,2-5,9,16-18H2,1H3,(H,28,29). The van der Waals surface area contributed by atoms with Gasteiger partial charge in [0.25, 0.3) is 0 Å². The maximum atomic E-state index is 4.86. The molecule has 0 aliphatic carbocycles. The van der Waals surface area contributed by atoms with Crippen LogP contribution in [0.25, 0.3) is 22.6 Å². The molecule has 155 valence electrons. The van der Waals surface area contributed by atoms with Crippen molar-refractivity contribution in [3.8, 4) is 22.6 Å². The van der Waals surface area contributed by atoms with Crippen LogP contribution in [0, 0.1) is 6.07 Å². The molecule has 2 heterocycles. The lowest BCUT2D eigenvalue weighted by Gasteiger charge is -2.20. The summed E-state index contributed by atoms with van der Waals surface area (Å²) in [5.74, 6) is 2.38. The lowest BCUT2D eigenvalue weighted by molar-refractivity contribution is 0.596. The quantitative estimate of drug-likeness (QED) is 0.357. The van der Waals surface area contributed by atoms with E-state index in [2.05, 4.69) is 47.2 Å². The number of aliphatic imine (C=N–C) groups is 1. The Labute approximate surface area is 184 Å². The zero-order chi connectivity index (χ0) is 20.6. The number of aromatic amines is 1. The zero-order valence-electron chi connectivity index (χ0n) is 17.7. The van der Waals surface area contributed by atoms with Crippen LogP contribution in [0.5, 0.6) is 0 Å². The summed E-state index contributed by atoms with van der Waals surface area (Å²) in [6.45, 7) is 3.22. The van der Waals surface area contributed by atoms with Gasteiger partial charge in [0.15, 0.2) is 0 Å². The average Bonchev–Trinajstić information content (AvgIpc) is 3.50. The zero-order valence-corrected chi connectivity index (χ0v) is 18.5. The molecule has 1 atom stereocenters. The Bertz CT molecular complexity index is 961. The van der Waals surface area contributed by atoms with Gasteiger partial charge in [-0.15, -0.1) is 11.8 Å². The number of nitrogens with one attached hydrogen (secondary N) is 1. The van der Waals surface area contributed by atoms with Gasteiger partial charge in [0, 0.05) is 29.3 Å². The molecule has 1 aromatic heterocycles. The fraction of sp³-hybridized carbons (Fsp3) is 0.385. The van der Waals surface area contributed by atoms with Crippen molar-refractivity contribution in [1.82, 2.24) is 9.97 Å². The van der Waals surface area contributed by atoms with Crippen molar-refractivity contribution < 1.29 is 0 Å². The summed E-state index contributed by atoms with van der Waals surface area (Å²) >= 11 is 1.93. The van der Waals surface area contributed by atoms with Crippen molar-refractivity contribution >= 4 is 16.8 Å². The Balaban J connectivity index is 1.60. The minimum Gasteiger partial charge on any atom is -0.338 e. The largest absolute Gasteiger partial charge is 0.338 e. The fourth-order valence-corrected chi connectivity index (χ4v) is 5.13. The van der Waals surface area contributed by atoms with Crippen LogP contribution in [0.15, 0.2) is 59.7 Å². The molecule has 1 N–H and O–H groups in total. The van der Waals surface area contributed by atoms with Gasteiger partial charge in [-0.3, -0.25) is 4.99 Å². The highest BCUT2D eigenvalue weighted by atomic mass is 32.2. The molecular formula is C26H30N3S. The Morgan fingerprint density at radius 1 is 1.10 bits per heavy atom. The van der Waals surface area contributed by atoms with Gasteiger partial charge in [0.1, 0.15) is 5.82 Å². The van der Waals surface area contributed by atoms with Crippen LogP contribution in [0.4, 0.5) is 0 Å². The summed E-state index contributed by atoms with van der Waals surface area (Å²) in [4.78, 5) is 13.0. The first-order valence-electron chi connectivity index (χ1n) is 11.1. The monoisotopic (exact) mass is 416 g/mol. The smallest absolute Gasteiger partial charge is 0.137 e. The van der Waals surface area contributed by atoms with Gasteiger partial charge >= 0.3 is 0 Å². The van der Waals surface area contributed by atoms with Gasteiger partial charge in [0.05, 0.1) is 16.9 Å². The third-order valence-corrected chi connectivity index (χ3v) is 6.79. The maximum absolute atomic E-state index is 4.86. The van der Waals surface area contributed by atoms with E-state index in [1.165, 1.54) is 48.3 Å². The van der Waals surface area contributed by atoms with Gasteiger partial charge in [-0.2, -0.15) is 0 Å². The highest BCUT2D eigenvalue weighted by molar-refractivity contribution is 8.14.